The van der Waals surface area contributed by atoms with E-state index in [9.17, 15) is 23.5 Å². The molecule has 5 rings (SSSR count). The number of nitrogens with one attached hydrogen (secondary N) is 2. The number of ether oxygens (including phenoxy) is 1. The third-order valence-corrected chi connectivity index (χ3v) is 6.62. The van der Waals surface area contributed by atoms with Crippen LogP contribution in [0, 0.1) is 11.6 Å². The molecule has 10 heteroatoms. The van der Waals surface area contributed by atoms with Crippen LogP contribution in [0.25, 0.3) is 0 Å². The molecule has 2 amide bonds. The predicted octanol–water partition coefficient (Wildman–Crippen LogP) is 2.75. The van der Waals surface area contributed by atoms with Crippen molar-refractivity contribution < 1.29 is 28.2 Å². The molecule has 0 spiro atoms. The Labute approximate surface area is 188 Å². The number of carbonyl (C=O) groups excluding carboxylic acids is 2. The molecule has 1 heterocycles. The van der Waals surface area contributed by atoms with E-state index in [1.807, 2.05) is 0 Å². The minimum atomic E-state index is -0.872. The zero-order chi connectivity index (χ0) is 22.9. The average molecular weight is 466 g/mol. The van der Waals surface area contributed by atoms with Gasteiger partial charge in [-0.3, -0.25) is 9.59 Å². The molecular weight excluding hydrogens is 444 g/mol. The van der Waals surface area contributed by atoms with Crippen LogP contribution in [-0.4, -0.2) is 45.7 Å². The summed E-state index contributed by atoms with van der Waals surface area (Å²) in [7, 11) is 0. The van der Waals surface area contributed by atoms with E-state index in [4.69, 9.17) is 16.3 Å². The second-order valence-corrected chi connectivity index (χ2v) is 8.79. The molecule has 3 aliphatic rings. The van der Waals surface area contributed by atoms with Gasteiger partial charge in [-0.1, -0.05) is 11.6 Å². The lowest BCUT2D eigenvalue weighted by Crippen LogP contribution is -2.70. The second-order valence-electron chi connectivity index (χ2n) is 8.38. The number of aliphatic hydroxyl groups is 1. The molecule has 1 aromatic carbocycles. The van der Waals surface area contributed by atoms with Crippen LogP contribution < -0.4 is 15.4 Å². The Morgan fingerprint density at radius 3 is 2.53 bits per heavy atom. The molecule has 2 bridgehead atoms. The summed E-state index contributed by atoms with van der Waals surface area (Å²) in [6, 6.07) is 6.36. The van der Waals surface area contributed by atoms with Crippen molar-refractivity contribution in [3.8, 4) is 5.75 Å². The van der Waals surface area contributed by atoms with E-state index in [0.29, 0.717) is 25.7 Å². The number of carbonyl (C=O) groups is 2. The fourth-order valence-electron chi connectivity index (χ4n) is 4.51. The molecule has 170 valence electrons. The average Bonchev–Trinajstić information content (AvgIpc) is 2.76. The summed E-state index contributed by atoms with van der Waals surface area (Å²) in [5.74, 6) is -1.88. The number of aromatic nitrogens is 1. The van der Waals surface area contributed by atoms with Crippen molar-refractivity contribution in [2.45, 2.75) is 49.3 Å². The fraction of sp³-hybridized carbons (Fsp3) is 0.409. The molecule has 3 saturated carbocycles. The Balaban J connectivity index is 1.34. The molecule has 0 radical (unpaired) electrons. The van der Waals surface area contributed by atoms with Gasteiger partial charge in [0.1, 0.15) is 23.1 Å². The van der Waals surface area contributed by atoms with Gasteiger partial charge >= 0.3 is 0 Å². The molecule has 1 atom stereocenters. The number of rotatable bonds is 6. The minimum Gasteiger partial charge on any atom is -0.484 e. The molecule has 3 fully saturated rings. The highest BCUT2D eigenvalue weighted by Gasteiger charge is 2.55. The molecule has 1 unspecified atom stereocenters. The number of fused-ring (bicyclic) bond motifs is 3. The van der Waals surface area contributed by atoms with Gasteiger partial charge in [0.25, 0.3) is 11.8 Å². The quantitative estimate of drug-likeness (QED) is 0.609. The largest absolute Gasteiger partial charge is 0.484 e. The minimum absolute atomic E-state index is 0.0426. The first-order valence-electron chi connectivity index (χ1n) is 10.2. The highest BCUT2D eigenvalue weighted by atomic mass is 35.5. The molecule has 3 N–H and O–H groups in total. The summed E-state index contributed by atoms with van der Waals surface area (Å²) < 4.78 is 31.9. The van der Waals surface area contributed by atoms with E-state index in [0.717, 1.165) is 18.3 Å². The van der Waals surface area contributed by atoms with Crippen molar-refractivity contribution >= 4 is 23.4 Å². The molecule has 0 aliphatic heterocycles. The molecule has 2 aromatic rings. The topological polar surface area (TPSA) is 101 Å². The summed E-state index contributed by atoms with van der Waals surface area (Å²) in [5.41, 5.74) is -1.33. The van der Waals surface area contributed by atoms with E-state index in [-0.39, 0.29) is 29.5 Å². The number of aliphatic hydroxyl groups excluding tert-OH is 1. The second kappa shape index (κ2) is 8.63. The molecule has 32 heavy (non-hydrogen) atoms. The molecule has 3 aliphatic carbocycles. The van der Waals surface area contributed by atoms with Crippen molar-refractivity contribution in [2.24, 2.45) is 0 Å². The number of halogens is 3. The maximum atomic E-state index is 13.5. The van der Waals surface area contributed by atoms with E-state index in [1.165, 1.54) is 18.2 Å². The first kappa shape index (κ1) is 22.4. The van der Waals surface area contributed by atoms with E-state index < -0.39 is 40.6 Å². The molecule has 1 aromatic heterocycles. The van der Waals surface area contributed by atoms with Gasteiger partial charge in [-0.25, -0.2) is 13.8 Å². The number of benzene rings is 1. The van der Waals surface area contributed by atoms with Gasteiger partial charge in [-0.2, -0.15) is 0 Å². The van der Waals surface area contributed by atoms with Crippen LogP contribution in [0.3, 0.4) is 0 Å². The van der Waals surface area contributed by atoms with Gasteiger partial charge in [-0.15, -0.1) is 0 Å². The molecule has 0 saturated heterocycles. The standard InChI is InChI=1S/C22H22ClF2N3O4/c23-15-3-2-14(9-16(15)25)32-12-19(30)27-22-7-5-21(6-8-22,10-18(22)29)28-20(31)17-4-1-13(24)11-26-17/h1-4,9,11,18,29H,5-8,10,12H2,(H,27,30)(H,28,31). The fourth-order valence-corrected chi connectivity index (χ4v) is 4.62. The van der Waals surface area contributed by atoms with Gasteiger partial charge in [0.15, 0.2) is 6.61 Å². The predicted molar refractivity (Wildman–Crippen MR) is 111 cm³/mol. The normalized spacial score (nSPS) is 26.4. The summed E-state index contributed by atoms with van der Waals surface area (Å²) in [6.07, 6.45) is 2.41. The monoisotopic (exact) mass is 465 g/mol. The van der Waals surface area contributed by atoms with E-state index >= 15 is 0 Å². The van der Waals surface area contributed by atoms with Crippen LogP contribution in [0.2, 0.25) is 5.02 Å². The zero-order valence-electron chi connectivity index (χ0n) is 17.0. The zero-order valence-corrected chi connectivity index (χ0v) is 17.8. The Hall–Kier alpha value is -2.78. The Kier molecular flexibility index (Phi) is 6.05. The molecule has 7 nitrogen and oxygen atoms in total. The highest BCUT2D eigenvalue weighted by molar-refractivity contribution is 6.30. The van der Waals surface area contributed by atoms with Crippen LogP contribution in [0.4, 0.5) is 8.78 Å². The number of nitrogens with zero attached hydrogens (tertiary/aromatic N) is 1. The lowest BCUT2D eigenvalue weighted by molar-refractivity contribution is -0.132. The van der Waals surface area contributed by atoms with Crippen LogP contribution in [0.5, 0.6) is 5.75 Å². The van der Waals surface area contributed by atoms with Gasteiger partial charge < -0.3 is 20.5 Å². The Bertz CT molecular complexity index is 1030. The number of hydrogen-bond donors (Lipinski definition) is 3. The first-order valence-corrected chi connectivity index (χ1v) is 10.6. The van der Waals surface area contributed by atoms with E-state index in [1.54, 1.807) is 0 Å². The third-order valence-electron chi connectivity index (χ3n) is 6.31. The highest BCUT2D eigenvalue weighted by Crippen LogP contribution is 2.47. The number of hydrogen-bond acceptors (Lipinski definition) is 5. The van der Waals surface area contributed by atoms with Crippen molar-refractivity contribution in [1.29, 1.82) is 0 Å². The lowest BCUT2D eigenvalue weighted by atomic mass is 9.60. The Morgan fingerprint density at radius 2 is 1.91 bits per heavy atom. The summed E-state index contributed by atoms with van der Waals surface area (Å²) in [5, 5.41) is 16.6. The van der Waals surface area contributed by atoms with Crippen LogP contribution in [0.1, 0.15) is 42.6 Å². The summed E-state index contributed by atoms with van der Waals surface area (Å²) in [4.78, 5) is 28.8. The van der Waals surface area contributed by atoms with E-state index in [2.05, 4.69) is 15.6 Å². The van der Waals surface area contributed by atoms with Crippen molar-refractivity contribution in [3.63, 3.8) is 0 Å². The summed E-state index contributed by atoms with van der Waals surface area (Å²) >= 11 is 5.63. The number of pyridine rings is 1. The maximum Gasteiger partial charge on any atom is 0.270 e. The molecular formula is C22H22ClF2N3O4. The van der Waals surface area contributed by atoms with Gasteiger partial charge in [0, 0.05) is 11.6 Å². The van der Waals surface area contributed by atoms with Gasteiger partial charge in [0.05, 0.1) is 22.9 Å². The summed E-state index contributed by atoms with van der Waals surface area (Å²) in [6.45, 7) is -0.340. The van der Waals surface area contributed by atoms with Crippen LogP contribution >= 0.6 is 11.6 Å². The van der Waals surface area contributed by atoms with Crippen molar-refractivity contribution in [3.05, 3.63) is 58.9 Å². The van der Waals surface area contributed by atoms with Gasteiger partial charge in [-0.05, 0) is 56.4 Å². The SMILES string of the molecule is O=C(COc1ccc(Cl)c(F)c1)NC12CCC(NC(=O)c3ccc(F)cn3)(CC1)CC2O. The smallest absolute Gasteiger partial charge is 0.270 e. The lowest BCUT2D eigenvalue weighted by Gasteiger charge is -2.56. The van der Waals surface area contributed by atoms with Crippen LogP contribution in [-0.2, 0) is 4.79 Å². The Morgan fingerprint density at radius 1 is 1.16 bits per heavy atom. The third kappa shape index (κ3) is 4.54. The first-order chi connectivity index (χ1) is 15.2. The van der Waals surface area contributed by atoms with Gasteiger partial charge in [0.2, 0.25) is 0 Å². The van der Waals surface area contributed by atoms with Crippen LogP contribution in [0.15, 0.2) is 36.5 Å². The maximum absolute atomic E-state index is 13.5. The van der Waals surface area contributed by atoms with Crippen molar-refractivity contribution in [2.75, 3.05) is 6.61 Å². The number of amides is 2. The van der Waals surface area contributed by atoms with Crippen molar-refractivity contribution in [1.82, 2.24) is 15.6 Å².